The number of rotatable bonds is 6. The van der Waals surface area contributed by atoms with Gasteiger partial charge in [0.1, 0.15) is 0 Å². The first kappa shape index (κ1) is 14.7. The highest BCUT2D eigenvalue weighted by Crippen LogP contribution is 2.38. The number of Topliss-reactive ketones (excluding diaryl/α,β-unsaturated/α-hetero) is 1. The monoisotopic (exact) mass is 281 g/mol. The van der Waals surface area contributed by atoms with E-state index in [1.54, 1.807) is 6.92 Å². The lowest BCUT2D eigenvalue weighted by Gasteiger charge is -2.31. The Morgan fingerprint density at radius 3 is 2.68 bits per heavy atom. The summed E-state index contributed by atoms with van der Waals surface area (Å²) in [5.41, 5.74) is 1.30. The molecule has 0 aliphatic heterocycles. The quantitative estimate of drug-likeness (QED) is 0.815. The third kappa shape index (κ3) is 3.65. The molecule has 2 rings (SSSR count). The van der Waals surface area contributed by atoms with Crippen molar-refractivity contribution in [3.63, 3.8) is 0 Å². The van der Waals surface area contributed by atoms with E-state index in [2.05, 4.69) is 17.3 Å². The van der Waals surface area contributed by atoms with E-state index in [0.717, 1.165) is 30.8 Å². The van der Waals surface area contributed by atoms with Gasteiger partial charge >= 0.3 is 0 Å². The van der Waals surface area contributed by atoms with E-state index in [0.29, 0.717) is 6.61 Å². The van der Waals surface area contributed by atoms with Gasteiger partial charge in [-0.1, -0.05) is 12.8 Å². The van der Waals surface area contributed by atoms with E-state index in [9.17, 15) is 9.90 Å². The molecule has 0 bridgehead atoms. The molecule has 0 spiro atoms. The zero-order valence-corrected chi connectivity index (χ0v) is 12.6. The summed E-state index contributed by atoms with van der Waals surface area (Å²) in [5, 5.41) is 11.7. The summed E-state index contributed by atoms with van der Waals surface area (Å²) in [7, 11) is 2.10. The Hall–Kier alpha value is -0.710. The fourth-order valence-electron chi connectivity index (χ4n) is 3.07. The number of aliphatic hydroxyl groups excluding tert-OH is 1. The molecule has 1 aromatic rings. The van der Waals surface area contributed by atoms with Crippen LogP contribution in [0.3, 0.4) is 0 Å². The molecule has 1 fully saturated rings. The summed E-state index contributed by atoms with van der Waals surface area (Å²) in [4.78, 5) is 14.4. The van der Waals surface area contributed by atoms with Gasteiger partial charge in [-0.2, -0.15) is 0 Å². The molecule has 0 amide bonds. The van der Waals surface area contributed by atoms with Gasteiger partial charge in [-0.05, 0) is 43.8 Å². The van der Waals surface area contributed by atoms with Gasteiger partial charge < -0.3 is 10.0 Å². The maximum absolute atomic E-state index is 11.3. The summed E-state index contributed by atoms with van der Waals surface area (Å²) >= 11 is 1.52. The molecule has 1 heterocycles. The maximum atomic E-state index is 11.3. The molecule has 0 unspecified atom stereocenters. The molecule has 3 nitrogen and oxygen atoms in total. The van der Waals surface area contributed by atoms with Gasteiger partial charge in [-0.3, -0.25) is 4.79 Å². The van der Waals surface area contributed by atoms with Gasteiger partial charge in [0, 0.05) is 25.1 Å². The van der Waals surface area contributed by atoms with Crippen LogP contribution in [0.15, 0.2) is 11.4 Å². The van der Waals surface area contributed by atoms with Crippen LogP contribution in [0, 0.1) is 5.41 Å². The number of carbonyl (C=O) groups is 1. The lowest BCUT2D eigenvalue weighted by Crippen LogP contribution is -2.36. The van der Waals surface area contributed by atoms with E-state index in [-0.39, 0.29) is 11.2 Å². The van der Waals surface area contributed by atoms with Gasteiger partial charge in [0.15, 0.2) is 5.78 Å². The molecule has 0 aromatic carbocycles. The summed E-state index contributed by atoms with van der Waals surface area (Å²) in [6.07, 6.45) is 4.75. The average Bonchev–Trinajstić information content (AvgIpc) is 2.99. The van der Waals surface area contributed by atoms with Gasteiger partial charge in [0.2, 0.25) is 0 Å². The summed E-state index contributed by atoms with van der Waals surface area (Å²) in [5.74, 6) is 0.140. The van der Waals surface area contributed by atoms with Crippen molar-refractivity contribution in [2.45, 2.75) is 39.2 Å². The molecular weight excluding hydrogens is 258 g/mol. The smallest absolute Gasteiger partial charge is 0.169 e. The topological polar surface area (TPSA) is 40.5 Å². The van der Waals surface area contributed by atoms with Gasteiger partial charge in [0.05, 0.1) is 4.88 Å². The van der Waals surface area contributed by atoms with E-state index in [1.165, 1.54) is 29.7 Å². The molecule has 0 saturated heterocycles. The summed E-state index contributed by atoms with van der Waals surface area (Å²) in [6, 6.07) is 1.99. The van der Waals surface area contributed by atoms with Crippen LogP contribution in [0.5, 0.6) is 0 Å². The minimum absolute atomic E-state index is 0.105. The molecule has 1 aromatic heterocycles. The second kappa shape index (κ2) is 6.16. The third-order valence-electron chi connectivity index (χ3n) is 4.06. The highest BCUT2D eigenvalue weighted by atomic mass is 32.1. The van der Waals surface area contributed by atoms with Crippen LogP contribution in [0.1, 0.15) is 47.8 Å². The van der Waals surface area contributed by atoms with Crippen LogP contribution in [-0.4, -0.2) is 36.0 Å². The molecule has 19 heavy (non-hydrogen) atoms. The van der Waals surface area contributed by atoms with Crippen molar-refractivity contribution in [2.24, 2.45) is 5.41 Å². The Balaban J connectivity index is 1.92. The number of thiophene rings is 1. The second-order valence-electron chi connectivity index (χ2n) is 5.91. The van der Waals surface area contributed by atoms with Crippen molar-refractivity contribution < 1.29 is 9.90 Å². The van der Waals surface area contributed by atoms with E-state index >= 15 is 0 Å². The lowest BCUT2D eigenvalue weighted by atomic mass is 9.86. The molecule has 1 saturated carbocycles. The van der Waals surface area contributed by atoms with Crippen molar-refractivity contribution in [3.8, 4) is 0 Å². The van der Waals surface area contributed by atoms with Gasteiger partial charge in [-0.25, -0.2) is 0 Å². The van der Waals surface area contributed by atoms with Crippen molar-refractivity contribution in [1.29, 1.82) is 0 Å². The molecule has 1 aliphatic rings. The number of hydrogen-bond donors (Lipinski definition) is 1. The van der Waals surface area contributed by atoms with Crippen LogP contribution in [0.25, 0.3) is 0 Å². The van der Waals surface area contributed by atoms with E-state index < -0.39 is 0 Å². The zero-order valence-electron chi connectivity index (χ0n) is 11.8. The minimum atomic E-state index is 0.105. The van der Waals surface area contributed by atoms with Crippen LogP contribution >= 0.6 is 11.3 Å². The Bertz CT molecular complexity index is 435. The highest BCUT2D eigenvalue weighted by Gasteiger charge is 2.34. The third-order valence-corrected chi connectivity index (χ3v) is 5.14. The standard InChI is InChI=1S/C15H23NO2S/c1-12(18)14-7-13(9-19-14)8-16(2)10-15(11-17)5-3-4-6-15/h7,9,17H,3-6,8,10-11H2,1-2H3. The van der Waals surface area contributed by atoms with E-state index in [4.69, 9.17) is 0 Å². The SMILES string of the molecule is CC(=O)c1cc(CN(C)CC2(CO)CCCC2)cs1. The Morgan fingerprint density at radius 2 is 2.16 bits per heavy atom. The van der Waals surface area contributed by atoms with E-state index in [1.807, 2.05) is 6.07 Å². The predicted octanol–water partition coefficient (Wildman–Crippen LogP) is 2.94. The van der Waals surface area contributed by atoms with Gasteiger partial charge in [0.25, 0.3) is 0 Å². The van der Waals surface area contributed by atoms with Gasteiger partial charge in [-0.15, -0.1) is 11.3 Å². The molecule has 106 valence electrons. The van der Waals surface area contributed by atoms with Crippen LogP contribution in [0.4, 0.5) is 0 Å². The van der Waals surface area contributed by atoms with Crippen LogP contribution in [-0.2, 0) is 6.54 Å². The van der Waals surface area contributed by atoms with Crippen molar-refractivity contribution >= 4 is 17.1 Å². The zero-order chi connectivity index (χ0) is 13.9. The van der Waals surface area contributed by atoms with Crippen molar-refractivity contribution in [3.05, 3.63) is 21.9 Å². The number of ketones is 1. The molecular formula is C15H23NO2S. The van der Waals surface area contributed by atoms with Crippen molar-refractivity contribution in [1.82, 2.24) is 4.90 Å². The molecule has 1 aliphatic carbocycles. The Kier molecular flexibility index (Phi) is 4.76. The maximum Gasteiger partial charge on any atom is 0.169 e. The Labute approximate surface area is 119 Å². The largest absolute Gasteiger partial charge is 0.396 e. The fraction of sp³-hybridized carbons (Fsp3) is 0.667. The molecule has 1 N–H and O–H groups in total. The molecule has 0 radical (unpaired) electrons. The Morgan fingerprint density at radius 1 is 1.47 bits per heavy atom. The fourth-order valence-corrected chi connectivity index (χ4v) is 3.88. The number of hydrogen-bond acceptors (Lipinski definition) is 4. The number of nitrogens with zero attached hydrogens (tertiary/aromatic N) is 1. The van der Waals surface area contributed by atoms with Crippen LogP contribution < -0.4 is 0 Å². The first-order valence-corrected chi connectivity index (χ1v) is 7.80. The normalized spacial score (nSPS) is 18.1. The summed E-state index contributed by atoms with van der Waals surface area (Å²) < 4.78 is 0. The number of carbonyl (C=O) groups excluding carboxylic acids is 1. The predicted molar refractivity (Wildman–Crippen MR) is 78.6 cm³/mol. The lowest BCUT2D eigenvalue weighted by molar-refractivity contribution is 0.0864. The first-order chi connectivity index (χ1) is 9.04. The molecule has 0 atom stereocenters. The minimum Gasteiger partial charge on any atom is -0.396 e. The second-order valence-corrected chi connectivity index (χ2v) is 6.82. The first-order valence-electron chi connectivity index (χ1n) is 6.92. The number of aliphatic hydroxyl groups is 1. The molecule has 4 heteroatoms. The summed E-state index contributed by atoms with van der Waals surface area (Å²) in [6.45, 7) is 3.69. The average molecular weight is 281 g/mol. The highest BCUT2D eigenvalue weighted by molar-refractivity contribution is 7.12. The van der Waals surface area contributed by atoms with Crippen LogP contribution in [0.2, 0.25) is 0 Å². The van der Waals surface area contributed by atoms with Crippen molar-refractivity contribution in [2.75, 3.05) is 20.2 Å².